The van der Waals surface area contributed by atoms with Gasteiger partial charge in [-0.25, -0.2) is 0 Å². The summed E-state index contributed by atoms with van der Waals surface area (Å²) in [5.41, 5.74) is 3.19. The second-order valence-corrected chi connectivity index (χ2v) is 16.3. The zero-order valence-corrected chi connectivity index (χ0v) is 23.7. The number of ether oxygens (including phenoxy) is 2. The van der Waals surface area contributed by atoms with E-state index < -0.39 is 8.32 Å². The molecule has 6 heteroatoms. The second-order valence-electron chi connectivity index (χ2n) is 11.5. The van der Waals surface area contributed by atoms with Crippen LogP contribution in [-0.2, 0) is 0 Å². The Morgan fingerprint density at radius 3 is 2.36 bits per heavy atom. The van der Waals surface area contributed by atoms with Crippen molar-refractivity contribution in [3.8, 4) is 17.2 Å². The highest BCUT2D eigenvalue weighted by Crippen LogP contribution is 2.43. The minimum atomic E-state index is -1.96. The lowest BCUT2D eigenvalue weighted by atomic mass is 9.95. The van der Waals surface area contributed by atoms with Crippen molar-refractivity contribution in [2.75, 3.05) is 32.8 Å². The standard InChI is InChI=1S/C30H43NO4Si/c1-30(2,3)36(4,5)35-26-13-14-27-24(15-19-32)21-28(34-29(27)22-26)23-9-11-25(12-10-23)33-20-18-31-16-7-6-8-17-31/h9-14,21-22,28,32H,6-8,15-20H2,1-5H3. The molecule has 5 nitrogen and oxygen atoms in total. The van der Waals surface area contributed by atoms with Gasteiger partial charge in [-0.05, 0) is 92.0 Å². The molecule has 1 fully saturated rings. The highest BCUT2D eigenvalue weighted by Gasteiger charge is 2.39. The van der Waals surface area contributed by atoms with Crippen LogP contribution in [0.25, 0.3) is 5.57 Å². The normalized spacial score (nSPS) is 18.7. The third kappa shape index (κ3) is 6.53. The summed E-state index contributed by atoms with van der Waals surface area (Å²) in [6.07, 6.45) is 6.45. The van der Waals surface area contributed by atoms with E-state index in [0.717, 1.165) is 40.5 Å². The number of hydrogen-bond acceptors (Lipinski definition) is 5. The average Bonchev–Trinajstić information content (AvgIpc) is 2.84. The molecule has 2 aliphatic rings. The highest BCUT2D eigenvalue weighted by atomic mass is 28.4. The molecule has 0 aliphatic carbocycles. The van der Waals surface area contributed by atoms with Crippen molar-refractivity contribution in [3.05, 3.63) is 59.7 Å². The topological polar surface area (TPSA) is 51.2 Å². The van der Waals surface area contributed by atoms with Crippen molar-refractivity contribution < 1.29 is 19.0 Å². The van der Waals surface area contributed by atoms with Gasteiger partial charge in [0.25, 0.3) is 0 Å². The van der Waals surface area contributed by atoms with Gasteiger partial charge in [0.15, 0.2) is 0 Å². The predicted octanol–water partition coefficient (Wildman–Crippen LogP) is 6.83. The van der Waals surface area contributed by atoms with Crippen LogP contribution in [0.2, 0.25) is 18.1 Å². The molecule has 2 aliphatic heterocycles. The summed E-state index contributed by atoms with van der Waals surface area (Å²) in [7, 11) is -1.96. The van der Waals surface area contributed by atoms with E-state index in [4.69, 9.17) is 13.9 Å². The van der Waals surface area contributed by atoms with Gasteiger partial charge in [0.2, 0.25) is 8.32 Å². The third-order valence-electron chi connectivity index (χ3n) is 7.80. The minimum absolute atomic E-state index is 0.101. The Balaban J connectivity index is 1.46. The molecule has 1 unspecified atom stereocenters. The van der Waals surface area contributed by atoms with Crippen LogP contribution < -0.4 is 13.9 Å². The maximum Gasteiger partial charge on any atom is 0.250 e. The van der Waals surface area contributed by atoms with E-state index in [9.17, 15) is 5.11 Å². The molecule has 0 radical (unpaired) electrons. The zero-order chi connectivity index (χ0) is 25.8. The SMILES string of the molecule is CC(C)(C)[Si](C)(C)Oc1ccc2c(c1)OC(c1ccc(OCCN3CCCCC3)cc1)C=C2CCO. The van der Waals surface area contributed by atoms with Crippen LogP contribution in [0.15, 0.2) is 48.5 Å². The Hall–Kier alpha value is -2.28. The number of hydrogen-bond donors (Lipinski definition) is 1. The van der Waals surface area contributed by atoms with Gasteiger partial charge in [-0.1, -0.05) is 39.3 Å². The molecular formula is C30H43NO4Si. The predicted molar refractivity (Wildman–Crippen MR) is 150 cm³/mol. The Morgan fingerprint density at radius 2 is 1.69 bits per heavy atom. The zero-order valence-electron chi connectivity index (χ0n) is 22.7. The van der Waals surface area contributed by atoms with E-state index in [1.807, 2.05) is 24.3 Å². The molecule has 0 aromatic heterocycles. The number of rotatable bonds is 9. The van der Waals surface area contributed by atoms with E-state index in [1.54, 1.807) is 0 Å². The Morgan fingerprint density at radius 1 is 1.00 bits per heavy atom. The lowest BCUT2D eigenvalue weighted by Crippen LogP contribution is -2.43. The molecule has 0 bridgehead atoms. The second kappa shape index (κ2) is 11.4. The largest absolute Gasteiger partial charge is 0.543 e. The van der Waals surface area contributed by atoms with Crippen molar-refractivity contribution in [3.63, 3.8) is 0 Å². The van der Waals surface area contributed by atoms with E-state index in [-0.39, 0.29) is 17.7 Å². The fourth-order valence-corrected chi connectivity index (χ4v) is 5.57. The fourth-order valence-electron chi connectivity index (χ4n) is 4.55. The van der Waals surface area contributed by atoms with Crippen molar-refractivity contribution in [2.45, 2.75) is 70.7 Å². The first-order valence-electron chi connectivity index (χ1n) is 13.4. The first-order valence-corrected chi connectivity index (χ1v) is 16.3. The summed E-state index contributed by atoms with van der Waals surface area (Å²) in [5.74, 6) is 2.54. The number of nitrogens with zero attached hydrogens (tertiary/aromatic N) is 1. The van der Waals surface area contributed by atoms with E-state index in [2.05, 4.69) is 63.0 Å². The fraction of sp³-hybridized carbons (Fsp3) is 0.533. The molecule has 2 aromatic rings. The molecule has 1 atom stereocenters. The smallest absolute Gasteiger partial charge is 0.250 e. The lowest BCUT2D eigenvalue weighted by molar-refractivity contribution is 0.183. The Labute approximate surface area is 218 Å². The van der Waals surface area contributed by atoms with Gasteiger partial charge in [-0.15, -0.1) is 0 Å². The summed E-state index contributed by atoms with van der Waals surface area (Å²) in [6.45, 7) is 15.4. The Kier molecular flexibility index (Phi) is 8.48. The molecule has 196 valence electrons. The maximum absolute atomic E-state index is 9.69. The van der Waals surface area contributed by atoms with Crippen LogP contribution in [0.1, 0.15) is 63.7 Å². The van der Waals surface area contributed by atoms with Gasteiger partial charge in [-0.2, -0.15) is 0 Å². The van der Waals surface area contributed by atoms with Gasteiger partial charge in [0.1, 0.15) is 30.0 Å². The first kappa shape index (κ1) is 26.8. The van der Waals surface area contributed by atoms with Crippen molar-refractivity contribution >= 4 is 13.9 Å². The van der Waals surface area contributed by atoms with Crippen LogP contribution >= 0.6 is 0 Å². The summed E-state index contributed by atoms with van der Waals surface area (Å²) >= 11 is 0. The lowest BCUT2D eigenvalue weighted by Gasteiger charge is -2.36. The number of fused-ring (bicyclic) bond motifs is 1. The van der Waals surface area contributed by atoms with Crippen molar-refractivity contribution in [1.82, 2.24) is 4.90 Å². The number of aliphatic hydroxyl groups excluding tert-OH is 1. The summed E-state index contributed by atoms with van der Waals surface area (Å²) in [5, 5.41) is 9.81. The van der Waals surface area contributed by atoms with Crippen molar-refractivity contribution in [2.24, 2.45) is 0 Å². The number of likely N-dealkylation sites (tertiary alicyclic amines) is 1. The maximum atomic E-state index is 9.69. The average molecular weight is 510 g/mol. The van der Waals surface area contributed by atoms with Gasteiger partial charge in [0.05, 0.1) is 0 Å². The number of aliphatic hydroxyl groups is 1. The molecule has 4 rings (SSSR count). The monoisotopic (exact) mass is 509 g/mol. The molecule has 2 heterocycles. The summed E-state index contributed by atoms with van der Waals surface area (Å²) in [4.78, 5) is 2.49. The minimum Gasteiger partial charge on any atom is -0.543 e. The Bertz CT molecular complexity index is 1040. The van der Waals surface area contributed by atoms with Crippen LogP contribution in [0, 0.1) is 0 Å². The third-order valence-corrected chi connectivity index (χ3v) is 12.2. The number of benzene rings is 2. The highest BCUT2D eigenvalue weighted by molar-refractivity contribution is 6.74. The van der Waals surface area contributed by atoms with Crippen molar-refractivity contribution in [1.29, 1.82) is 0 Å². The van der Waals surface area contributed by atoms with E-state index in [1.165, 1.54) is 32.4 Å². The molecule has 1 N–H and O–H groups in total. The number of piperidine rings is 1. The molecular weight excluding hydrogens is 466 g/mol. The molecule has 0 amide bonds. The molecule has 0 saturated carbocycles. The quantitative estimate of drug-likeness (QED) is 0.375. The van der Waals surface area contributed by atoms with Crippen LogP contribution in [0.3, 0.4) is 0 Å². The molecule has 2 aromatic carbocycles. The van der Waals surface area contributed by atoms with Gasteiger partial charge in [0, 0.05) is 24.8 Å². The van der Waals surface area contributed by atoms with Gasteiger partial charge < -0.3 is 19.0 Å². The van der Waals surface area contributed by atoms with Crippen LogP contribution in [-0.4, -0.2) is 51.2 Å². The summed E-state index contributed by atoms with van der Waals surface area (Å²) in [6, 6.07) is 14.3. The first-order chi connectivity index (χ1) is 17.2. The van der Waals surface area contributed by atoms with Crippen LogP contribution in [0.5, 0.6) is 17.2 Å². The molecule has 0 spiro atoms. The summed E-state index contributed by atoms with van der Waals surface area (Å²) < 4.78 is 19.0. The van der Waals surface area contributed by atoms with E-state index in [0.29, 0.717) is 13.0 Å². The van der Waals surface area contributed by atoms with E-state index >= 15 is 0 Å². The molecule has 36 heavy (non-hydrogen) atoms. The van der Waals surface area contributed by atoms with Gasteiger partial charge >= 0.3 is 0 Å². The molecule has 1 saturated heterocycles. The van der Waals surface area contributed by atoms with Gasteiger partial charge in [-0.3, -0.25) is 4.90 Å². The van der Waals surface area contributed by atoms with Crippen LogP contribution in [0.4, 0.5) is 0 Å².